The van der Waals surface area contributed by atoms with Crippen molar-refractivity contribution in [2.45, 2.75) is 6.61 Å². The molecule has 0 saturated carbocycles. The number of nitrogens with zero attached hydrogens (tertiary/aromatic N) is 2. The summed E-state index contributed by atoms with van der Waals surface area (Å²) in [6, 6.07) is 1.71. The molecule has 0 radical (unpaired) electrons. The van der Waals surface area contributed by atoms with Crippen molar-refractivity contribution in [3.63, 3.8) is 0 Å². The molecule has 12 heteroatoms. The highest BCUT2D eigenvalue weighted by molar-refractivity contribution is 7.29. The third-order valence-electron chi connectivity index (χ3n) is 3.80. The number of carbonyl (C=O) groups is 3. The molecule has 9 nitrogen and oxygen atoms in total. The molecule has 0 fully saturated rings. The van der Waals surface area contributed by atoms with Gasteiger partial charge in [-0.3, -0.25) is 0 Å². The van der Waals surface area contributed by atoms with Crippen LogP contribution in [0.4, 0.5) is 10.1 Å². The second-order valence-corrected chi connectivity index (χ2v) is 8.97. The molecule has 0 saturated heterocycles. The number of esters is 3. The van der Waals surface area contributed by atoms with Gasteiger partial charge in [0.25, 0.3) is 0 Å². The minimum absolute atomic E-state index is 0.00449. The Labute approximate surface area is 177 Å². The maximum atomic E-state index is 12.5. The number of carbonyl (C=O) groups excluding carboxylic acids is 3. The number of anilines is 2. The Balaban J connectivity index is 1.84. The molecule has 0 bridgehead atoms. The maximum absolute atomic E-state index is 12.5. The summed E-state index contributed by atoms with van der Waals surface area (Å²) in [7, 11) is 6.18. The van der Waals surface area contributed by atoms with Gasteiger partial charge in [-0.2, -0.15) is 0 Å². The molecular weight excluding hydrogens is 438 g/mol. The van der Waals surface area contributed by atoms with Crippen molar-refractivity contribution in [1.82, 2.24) is 4.98 Å². The number of nitrogen functional groups attached to an aromatic ring is 1. The van der Waals surface area contributed by atoms with Gasteiger partial charge >= 0.3 is 17.9 Å². The van der Waals surface area contributed by atoms with Crippen LogP contribution in [0.5, 0.6) is 0 Å². The molecule has 3 aromatic heterocycles. The maximum Gasteiger partial charge on any atom is 0.348 e. The van der Waals surface area contributed by atoms with Gasteiger partial charge in [-0.05, 0) is 6.07 Å². The van der Waals surface area contributed by atoms with Crippen molar-refractivity contribution < 1.29 is 28.6 Å². The van der Waals surface area contributed by atoms with Gasteiger partial charge in [0.05, 0.1) is 18.9 Å². The molecule has 0 unspecified atom stereocenters. The molecule has 29 heavy (non-hydrogen) atoms. The van der Waals surface area contributed by atoms with Crippen molar-refractivity contribution in [2.24, 2.45) is 0 Å². The van der Waals surface area contributed by atoms with Crippen molar-refractivity contribution in [3.8, 4) is 0 Å². The summed E-state index contributed by atoms with van der Waals surface area (Å²) in [6.07, 6.45) is 0. The van der Waals surface area contributed by atoms with Crippen molar-refractivity contribution in [3.05, 3.63) is 26.9 Å². The Kier molecular flexibility index (Phi) is 6.05. The monoisotopic (exact) mass is 455 g/mol. The van der Waals surface area contributed by atoms with Gasteiger partial charge in [0.1, 0.15) is 31.8 Å². The van der Waals surface area contributed by atoms with Gasteiger partial charge < -0.3 is 24.8 Å². The van der Waals surface area contributed by atoms with Crippen molar-refractivity contribution in [1.29, 1.82) is 0 Å². The third kappa shape index (κ3) is 4.04. The molecule has 2 N–H and O–H groups in total. The Morgan fingerprint density at radius 3 is 2.34 bits per heavy atom. The number of thiophene rings is 2. The van der Waals surface area contributed by atoms with Crippen LogP contribution in [0, 0.1) is 0 Å². The Bertz CT molecular complexity index is 1070. The average Bonchev–Trinajstić information content (AvgIpc) is 3.36. The lowest BCUT2D eigenvalue weighted by atomic mass is 10.1. The predicted octanol–water partition coefficient (Wildman–Crippen LogP) is 3.00. The van der Waals surface area contributed by atoms with E-state index < -0.39 is 17.9 Å². The number of hydrogen-bond acceptors (Lipinski definition) is 12. The number of hydrogen-bond donors (Lipinski definition) is 1. The average molecular weight is 456 g/mol. The normalized spacial score (nSPS) is 10.8. The zero-order valence-electron chi connectivity index (χ0n) is 15.9. The second-order valence-electron chi connectivity index (χ2n) is 5.88. The number of ether oxygens (including phenoxy) is 3. The number of rotatable bonds is 6. The first-order valence-corrected chi connectivity index (χ1v) is 10.5. The van der Waals surface area contributed by atoms with Crippen LogP contribution >= 0.6 is 34.0 Å². The first-order valence-electron chi connectivity index (χ1n) is 8.09. The van der Waals surface area contributed by atoms with E-state index in [-0.39, 0.29) is 27.6 Å². The lowest BCUT2D eigenvalue weighted by Gasteiger charge is -2.07. The molecule has 0 aliphatic carbocycles. The van der Waals surface area contributed by atoms with E-state index >= 15 is 0 Å². The molecule has 3 heterocycles. The minimum atomic E-state index is -0.725. The molecule has 0 atom stereocenters. The van der Waals surface area contributed by atoms with Crippen LogP contribution in [-0.2, 0) is 20.8 Å². The van der Waals surface area contributed by atoms with Gasteiger partial charge in [-0.1, -0.05) is 11.3 Å². The van der Waals surface area contributed by atoms with Crippen LogP contribution in [0.2, 0.25) is 0 Å². The Hall–Kier alpha value is -2.70. The molecule has 0 aliphatic heterocycles. The quantitative estimate of drug-likeness (QED) is 0.441. The van der Waals surface area contributed by atoms with Crippen LogP contribution in [0.3, 0.4) is 0 Å². The summed E-state index contributed by atoms with van der Waals surface area (Å²) >= 11 is 3.54. The van der Waals surface area contributed by atoms with E-state index in [1.165, 1.54) is 36.9 Å². The Morgan fingerprint density at radius 1 is 1.07 bits per heavy atom. The number of nitrogens with two attached hydrogens (primary N) is 1. The highest BCUT2D eigenvalue weighted by Crippen LogP contribution is 2.35. The number of aromatic nitrogens is 1. The van der Waals surface area contributed by atoms with Gasteiger partial charge in [-0.15, -0.1) is 22.7 Å². The number of thiazole rings is 1. The highest BCUT2D eigenvalue weighted by atomic mass is 32.1. The smallest absolute Gasteiger partial charge is 0.348 e. The number of methoxy groups -OCH3 is 2. The first-order chi connectivity index (χ1) is 13.8. The second kappa shape index (κ2) is 8.35. The summed E-state index contributed by atoms with van der Waals surface area (Å²) in [6.45, 7) is -0.330. The largest absolute Gasteiger partial charge is 0.465 e. The third-order valence-corrected chi connectivity index (χ3v) is 7.15. The van der Waals surface area contributed by atoms with E-state index in [1.54, 1.807) is 6.07 Å². The van der Waals surface area contributed by atoms with Crippen LogP contribution in [0.15, 0.2) is 6.07 Å². The van der Waals surface area contributed by atoms with E-state index in [0.29, 0.717) is 4.88 Å². The summed E-state index contributed by atoms with van der Waals surface area (Å²) in [5.74, 6) is -2.00. The van der Waals surface area contributed by atoms with Gasteiger partial charge in [0.2, 0.25) is 0 Å². The highest BCUT2D eigenvalue weighted by Gasteiger charge is 2.28. The van der Waals surface area contributed by atoms with Gasteiger partial charge in [0.15, 0.2) is 5.13 Å². The molecule has 154 valence electrons. The lowest BCUT2D eigenvalue weighted by molar-refractivity contribution is 0.0458. The molecule has 0 aromatic carbocycles. The lowest BCUT2D eigenvalue weighted by Crippen LogP contribution is -2.12. The van der Waals surface area contributed by atoms with E-state index in [0.717, 1.165) is 26.0 Å². The SMILES string of the molecule is COC(=O)c1sc(N)c(C(=O)OC)c1COC(=O)c1cc2sc(N(C)C)nc2s1. The van der Waals surface area contributed by atoms with Gasteiger partial charge in [-0.25, -0.2) is 19.4 Å². The molecular formula is C17H17N3O6S3. The summed E-state index contributed by atoms with van der Waals surface area (Å²) < 4.78 is 15.7. The first kappa shape index (κ1) is 21.0. The fourth-order valence-corrected chi connectivity index (χ4v) is 5.44. The van der Waals surface area contributed by atoms with Crippen LogP contribution in [-0.4, -0.2) is 51.2 Å². The zero-order valence-corrected chi connectivity index (χ0v) is 18.4. The molecule has 3 rings (SSSR count). The summed E-state index contributed by atoms with van der Waals surface area (Å²) in [5, 5.41) is 0.922. The standard InChI is InChI=1S/C17H17N3O6S3/c1-20(2)17-19-13-8(28-17)5-9(27-13)14(21)26-6-7-10(15(22)24-3)12(18)29-11(7)16(23)25-4/h5H,6,18H2,1-4H3. The van der Waals surface area contributed by atoms with E-state index in [1.807, 2.05) is 19.0 Å². The van der Waals surface area contributed by atoms with Crippen LogP contribution in [0.25, 0.3) is 9.53 Å². The van der Waals surface area contributed by atoms with Gasteiger partial charge in [0, 0.05) is 19.7 Å². The molecule has 0 spiro atoms. The summed E-state index contributed by atoms with van der Waals surface area (Å²) in [4.78, 5) is 44.1. The molecule has 0 aliphatic rings. The zero-order chi connectivity index (χ0) is 21.3. The fourth-order valence-electron chi connectivity index (χ4n) is 2.43. The van der Waals surface area contributed by atoms with Crippen LogP contribution < -0.4 is 10.6 Å². The van der Waals surface area contributed by atoms with E-state index in [2.05, 4.69) is 4.98 Å². The molecule has 3 aromatic rings. The summed E-state index contributed by atoms with van der Waals surface area (Å²) in [5.41, 5.74) is 6.02. The van der Waals surface area contributed by atoms with E-state index in [9.17, 15) is 14.4 Å². The topological polar surface area (TPSA) is 121 Å². The molecule has 0 amide bonds. The van der Waals surface area contributed by atoms with Crippen molar-refractivity contribution in [2.75, 3.05) is 38.9 Å². The number of fused-ring (bicyclic) bond motifs is 1. The predicted molar refractivity (Wildman–Crippen MR) is 112 cm³/mol. The van der Waals surface area contributed by atoms with Crippen LogP contribution in [0.1, 0.15) is 35.3 Å². The van der Waals surface area contributed by atoms with E-state index in [4.69, 9.17) is 19.9 Å². The van der Waals surface area contributed by atoms with Crippen molar-refractivity contribution >= 4 is 71.6 Å². The minimum Gasteiger partial charge on any atom is -0.465 e. The Morgan fingerprint density at radius 2 is 1.76 bits per heavy atom. The fraction of sp³-hybridized carbons (Fsp3) is 0.294.